The molecule has 0 saturated heterocycles. The minimum atomic E-state index is -0.408. The average molecular weight is 292 g/mol. The fourth-order valence-electron chi connectivity index (χ4n) is 1.89. The minimum absolute atomic E-state index is 0.0106. The van der Waals surface area contributed by atoms with Crippen molar-refractivity contribution in [2.24, 2.45) is 0 Å². The van der Waals surface area contributed by atoms with Crippen molar-refractivity contribution in [3.05, 3.63) is 50.2 Å². The largest absolute Gasteiger partial charge is 0.487 e. The number of nitro benzene ring substituents is 1. The van der Waals surface area contributed by atoms with Crippen LogP contribution in [-0.2, 0) is 6.54 Å². The van der Waals surface area contributed by atoms with E-state index < -0.39 is 4.92 Å². The third-order valence-electron chi connectivity index (χ3n) is 2.89. The lowest BCUT2D eigenvalue weighted by molar-refractivity contribution is -0.384. The van der Waals surface area contributed by atoms with E-state index in [1.165, 1.54) is 10.4 Å². The maximum atomic E-state index is 11.2. The summed E-state index contributed by atoms with van der Waals surface area (Å²) >= 11 is 1.63. The fraction of sp³-hybridized carbons (Fsp3) is 0.286. The zero-order valence-corrected chi connectivity index (χ0v) is 12.2. The molecule has 2 rings (SSSR count). The highest BCUT2D eigenvalue weighted by Gasteiger charge is 2.20. The Labute approximate surface area is 121 Å². The number of nitrogens with zero attached hydrogens (tertiary/aromatic N) is 1. The van der Waals surface area contributed by atoms with Gasteiger partial charge < -0.3 is 10.1 Å². The summed E-state index contributed by atoms with van der Waals surface area (Å²) in [4.78, 5) is 12.0. The molecule has 0 bridgehead atoms. The quantitative estimate of drug-likeness (QED) is 0.646. The van der Waals surface area contributed by atoms with Crippen LogP contribution in [0, 0.1) is 17.0 Å². The molecule has 0 radical (unpaired) electrons. The SMILES string of the molecule is CCOc1cccc(NCc2sccc2C)c1[N+](=O)[O-]. The van der Waals surface area contributed by atoms with Crippen LogP contribution in [0.1, 0.15) is 17.4 Å². The maximum absolute atomic E-state index is 11.2. The third-order valence-corrected chi connectivity index (χ3v) is 3.91. The van der Waals surface area contributed by atoms with Gasteiger partial charge in [0.05, 0.1) is 11.5 Å². The molecule has 0 aliphatic rings. The zero-order valence-electron chi connectivity index (χ0n) is 11.4. The molecule has 0 unspecified atom stereocenters. The zero-order chi connectivity index (χ0) is 14.5. The second-order valence-electron chi connectivity index (χ2n) is 4.22. The van der Waals surface area contributed by atoms with Gasteiger partial charge in [0.15, 0.2) is 5.75 Å². The minimum Gasteiger partial charge on any atom is -0.487 e. The molecule has 0 spiro atoms. The second-order valence-corrected chi connectivity index (χ2v) is 5.22. The number of para-hydroxylation sites is 1. The van der Waals surface area contributed by atoms with Crippen LogP contribution >= 0.6 is 11.3 Å². The van der Waals surface area contributed by atoms with Gasteiger partial charge in [0.25, 0.3) is 0 Å². The highest BCUT2D eigenvalue weighted by Crippen LogP contribution is 2.35. The number of rotatable bonds is 6. The number of hydrogen-bond acceptors (Lipinski definition) is 5. The highest BCUT2D eigenvalue weighted by molar-refractivity contribution is 7.10. The number of ether oxygens (including phenoxy) is 1. The first-order valence-corrected chi connectivity index (χ1v) is 7.18. The van der Waals surface area contributed by atoms with Gasteiger partial charge in [-0.2, -0.15) is 0 Å². The number of aryl methyl sites for hydroxylation is 1. The predicted octanol–water partition coefficient (Wildman–Crippen LogP) is 3.98. The molecule has 1 aromatic carbocycles. The Bertz CT molecular complexity index is 610. The normalized spacial score (nSPS) is 10.3. The Morgan fingerprint density at radius 3 is 2.80 bits per heavy atom. The van der Waals surface area contributed by atoms with E-state index in [9.17, 15) is 10.1 Å². The Morgan fingerprint density at radius 1 is 1.40 bits per heavy atom. The van der Waals surface area contributed by atoms with Crippen LogP contribution in [0.2, 0.25) is 0 Å². The van der Waals surface area contributed by atoms with E-state index in [2.05, 4.69) is 5.32 Å². The number of nitrogens with one attached hydrogen (secondary N) is 1. The van der Waals surface area contributed by atoms with Gasteiger partial charge in [0.2, 0.25) is 0 Å². The average Bonchev–Trinajstić information content (AvgIpc) is 2.82. The highest BCUT2D eigenvalue weighted by atomic mass is 32.1. The van der Waals surface area contributed by atoms with Crippen molar-refractivity contribution in [1.82, 2.24) is 0 Å². The van der Waals surface area contributed by atoms with Crippen LogP contribution in [0.4, 0.5) is 11.4 Å². The van der Waals surface area contributed by atoms with Crippen molar-refractivity contribution in [1.29, 1.82) is 0 Å². The van der Waals surface area contributed by atoms with Crippen LogP contribution in [0.5, 0.6) is 5.75 Å². The van der Waals surface area contributed by atoms with E-state index in [0.29, 0.717) is 24.6 Å². The molecule has 20 heavy (non-hydrogen) atoms. The van der Waals surface area contributed by atoms with Crippen LogP contribution in [0.3, 0.4) is 0 Å². The van der Waals surface area contributed by atoms with Gasteiger partial charge in [-0.25, -0.2) is 0 Å². The molecule has 0 saturated carbocycles. The predicted molar refractivity (Wildman–Crippen MR) is 80.6 cm³/mol. The Balaban J connectivity index is 2.24. The molecule has 0 amide bonds. The van der Waals surface area contributed by atoms with Gasteiger partial charge in [0.1, 0.15) is 5.69 Å². The van der Waals surface area contributed by atoms with Crippen molar-refractivity contribution >= 4 is 22.7 Å². The summed E-state index contributed by atoms with van der Waals surface area (Å²) in [6.45, 7) is 4.80. The number of anilines is 1. The maximum Gasteiger partial charge on any atom is 0.333 e. The number of hydrogen-bond donors (Lipinski definition) is 1. The molecule has 6 heteroatoms. The van der Waals surface area contributed by atoms with Crippen molar-refractivity contribution in [3.8, 4) is 5.75 Å². The fourth-order valence-corrected chi connectivity index (χ4v) is 2.73. The van der Waals surface area contributed by atoms with E-state index in [1.807, 2.05) is 18.4 Å². The lowest BCUT2D eigenvalue weighted by atomic mass is 10.2. The van der Waals surface area contributed by atoms with Crippen LogP contribution < -0.4 is 10.1 Å². The molecule has 0 atom stereocenters. The van der Waals surface area contributed by atoms with Gasteiger partial charge in [-0.15, -0.1) is 11.3 Å². The molecular weight excluding hydrogens is 276 g/mol. The van der Waals surface area contributed by atoms with E-state index in [-0.39, 0.29) is 5.69 Å². The van der Waals surface area contributed by atoms with E-state index >= 15 is 0 Å². The molecule has 0 fully saturated rings. The summed E-state index contributed by atoms with van der Waals surface area (Å²) in [6.07, 6.45) is 0. The van der Waals surface area contributed by atoms with Crippen molar-refractivity contribution in [2.75, 3.05) is 11.9 Å². The van der Waals surface area contributed by atoms with Gasteiger partial charge in [-0.1, -0.05) is 6.07 Å². The summed E-state index contributed by atoms with van der Waals surface area (Å²) in [5, 5.41) is 16.4. The van der Waals surface area contributed by atoms with Crippen LogP contribution in [0.15, 0.2) is 29.6 Å². The summed E-state index contributed by atoms with van der Waals surface area (Å²) < 4.78 is 5.32. The number of nitro groups is 1. The Morgan fingerprint density at radius 2 is 2.20 bits per heavy atom. The number of thiophene rings is 1. The first-order chi connectivity index (χ1) is 9.63. The molecule has 5 nitrogen and oxygen atoms in total. The Hall–Kier alpha value is -2.08. The summed E-state index contributed by atoms with van der Waals surface area (Å²) in [5.41, 5.74) is 1.66. The van der Waals surface area contributed by atoms with E-state index in [0.717, 1.165) is 0 Å². The molecule has 1 aromatic heterocycles. The second kappa shape index (κ2) is 6.38. The first kappa shape index (κ1) is 14.3. The van der Waals surface area contributed by atoms with Crippen LogP contribution in [0.25, 0.3) is 0 Å². The van der Waals surface area contributed by atoms with Crippen molar-refractivity contribution in [3.63, 3.8) is 0 Å². The molecule has 1 heterocycles. The molecule has 106 valence electrons. The van der Waals surface area contributed by atoms with Crippen LogP contribution in [-0.4, -0.2) is 11.5 Å². The monoisotopic (exact) mass is 292 g/mol. The van der Waals surface area contributed by atoms with E-state index in [4.69, 9.17) is 4.74 Å². The molecule has 2 aromatic rings. The van der Waals surface area contributed by atoms with Crippen molar-refractivity contribution in [2.45, 2.75) is 20.4 Å². The lowest BCUT2D eigenvalue weighted by Gasteiger charge is -2.10. The Kier molecular flexibility index (Phi) is 4.57. The summed E-state index contributed by atoms with van der Waals surface area (Å²) in [7, 11) is 0. The standard InChI is InChI=1S/C14H16N2O3S/c1-3-19-12-6-4-5-11(14(12)16(17)18)15-9-13-10(2)7-8-20-13/h4-8,15H,3,9H2,1-2H3. The number of benzene rings is 1. The molecule has 0 aliphatic heterocycles. The van der Waals surface area contributed by atoms with Gasteiger partial charge in [0, 0.05) is 11.4 Å². The first-order valence-electron chi connectivity index (χ1n) is 6.30. The molecule has 1 N–H and O–H groups in total. The van der Waals surface area contributed by atoms with E-state index in [1.54, 1.807) is 36.5 Å². The summed E-state index contributed by atoms with van der Waals surface area (Å²) in [6, 6.07) is 7.10. The molecular formula is C14H16N2O3S. The van der Waals surface area contributed by atoms with Gasteiger partial charge >= 0.3 is 5.69 Å². The molecule has 0 aliphatic carbocycles. The van der Waals surface area contributed by atoms with Crippen molar-refractivity contribution < 1.29 is 9.66 Å². The topological polar surface area (TPSA) is 64.4 Å². The third kappa shape index (κ3) is 3.08. The smallest absolute Gasteiger partial charge is 0.333 e. The van der Waals surface area contributed by atoms with Gasteiger partial charge in [-0.05, 0) is 43.0 Å². The van der Waals surface area contributed by atoms with Gasteiger partial charge in [-0.3, -0.25) is 10.1 Å². The lowest BCUT2D eigenvalue weighted by Crippen LogP contribution is -2.04. The summed E-state index contributed by atoms with van der Waals surface area (Å²) in [5.74, 6) is 0.297.